The van der Waals surface area contributed by atoms with Crippen LogP contribution in [0, 0.1) is 12.8 Å². The fourth-order valence-corrected chi connectivity index (χ4v) is 4.51. The number of sulfonamides is 1. The molecule has 0 amide bonds. The highest BCUT2D eigenvalue weighted by Gasteiger charge is 2.30. The first-order valence-electron chi connectivity index (χ1n) is 6.81. The molecule has 2 atom stereocenters. The van der Waals surface area contributed by atoms with E-state index < -0.39 is 21.9 Å². The Balaban J connectivity index is 2.15. The maximum Gasteiger partial charge on any atom is 0.306 e. The molecule has 21 heavy (non-hydrogen) atoms. The zero-order valence-corrected chi connectivity index (χ0v) is 13.2. The number of hydrogen-bond donors (Lipinski definition) is 2. The number of carbonyl (C=O) groups is 1. The zero-order chi connectivity index (χ0) is 15.6. The lowest BCUT2D eigenvalue weighted by Gasteiger charge is -2.27. The van der Waals surface area contributed by atoms with Crippen molar-refractivity contribution in [1.82, 2.24) is 4.72 Å². The second-order valence-corrected chi connectivity index (χ2v) is 7.54. The van der Waals surface area contributed by atoms with E-state index in [0.29, 0.717) is 25.7 Å². The normalized spacial score (nSPS) is 23.0. The third-order valence-corrected chi connectivity index (χ3v) is 5.73. The molecule has 7 heteroatoms. The van der Waals surface area contributed by atoms with Crippen molar-refractivity contribution >= 4 is 27.6 Å². The molecule has 1 aromatic carbocycles. The number of aliphatic carboxylic acids is 1. The number of carboxylic acids is 1. The second kappa shape index (κ2) is 6.34. The second-order valence-electron chi connectivity index (χ2n) is 5.45. The van der Waals surface area contributed by atoms with Gasteiger partial charge in [0.05, 0.1) is 10.9 Å². The minimum absolute atomic E-state index is 0.0345. The minimum atomic E-state index is -3.73. The molecule has 0 spiro atoms. The maximum atomic E-state index is 12.4. The van der Waals surface area contributed by atoms with Gasteiger partial charge in [0.2, 0.25) is 10.0 Å². The van der Waals surface area contributed by atoms with Crippen LogP contribution >= 0.6 is 11.6 Å². The SMILES string of the molecule is Cc1ccc(S(=O)(=O)NC2CCCC(C(=O)O)C2)c(Cl)c1. The summed E-state index contributed by atoms with van der Waals surface area (Å²) in [5.41, 5.74) is 0.877. The Hall–Kier alpha value is -1.11. The molecular weight excluding hydrogens is 314 g/mol. The molecule has 1 aliphatic carbocycles. The smallest absolute Gasteiger partial charge is 0.306 e. The maximum absolute atomic E-state index is 12.4. The lowest BCUT2D eigenvalue weighted by atomic mass is 9.86. The van der Waals surface area contributed by atoms with E-state index in [1.165, 1.54) is 6.07 Å². The van der Waals surface area contributed by atoms with Crippen LogP contribution in [0.5, 0.6) is 0 Å². The third-order valence-electron chi connectivity index (χ3n) is 3.72. The Morgan fingerprint density at radius 2 is 2.10 bits per heavy atom. The van der Waals surface area contributed by atoms with E-state index in [1.54, 1.807) is 12.1 Å². The van der Waals surface area contributed by atoms with Gasteiger partial charge in [0, 0.05) is 6.04 Å². The largest absolute Gasteiger partial charge is 0.481 e. The van der Waals surface area contributed by atoms with Crippen molar-refractivity contribution in [3.63, 3.8) is 0 Å². The van der Waals surface area contributed by atoms with Gasteiger partial charge in [0.15, 0.2) is 0 Å². The number of rotatable bonds is 4. The van der Waals surface area contributed by atoms with Crippen molar-refractivity contribution in [3.8, 4) is 0 Å². The molecule has 0 heterocycles. The van der Waals surface area contributed by atoms with Crippen LogP contribution in [0.1, 0.15) is 31.2 Å². The highest BCUT2D eigenvalue weighted by Crippen LogP contribution is 2.27. The predicted octanol–water partition coefficient (Wildman–Crippen LogP) is 2.57. The van der Waals surface area contributed by atoms with Gasteiger partial charge in [0.1, 0.15) is 4.90 Å². The highest BCUT2D eigenvalue weighted by molar-refractivity contribution is 7.89. The van der Waals surface area contributed by atoms with Crippen LogP contribution in [0.4, 0.5) is 0 Å². The van der Waals surface area contributed by atoms with E-state index >= 15 is 0 Å². The Bertz CT molecular complexity index is 644. The first-order valence-corrected chi connectivity index (χ1v) is 8.67. The molecule has 0 aliphatic heterocycles. The molecule has 2 unspecified atom stereocenters. The average Bonchev–Trinajstić information content (AvgIpc) is 2.37. The summed E-state index contributed by atoms with van der Waals surface area (Å²) >= 11 is 6.00. The van der Waals surface area contributed by atoms with Gasteiger partial charge in [0.25, 0.3) is 0 Å². The standard InChI is InChI=1S/C14H18ClNO4S/c1-9-5-6-13(12(15)7-9)21(19,20)16-11-4-2-3-10(8-11)14(17)18/h5-7,10-11,16H,2-4,8H2,1H3,(H,17,18). The molecule has 0 bridgehead atoms. The van der Waals surface area contributed by atoms with Gasteiger partial charge < -0.3 is 5.11 Å². The quantitative estimate of drug-likeness (QED) is 0.888. The van der Waals surface area contributed by atoms with Gasteiger partial charge >= 0.3 is 5.97 Å². The summed E-state index contributed by atoms with van der Waals surface area (Å²) in [7, 11) is -3.73. The van der Waals surface area contributed by atoms with E-state index in [2.05, 4.69) is 4.72 Å². The summed E-state index contributed by atoms with van der Waals surface area (Å²) in [5.74, 6) is -1.35. The van der Waals surface area contributed by atoms with Gasteiger partial charge in [-0.25, -0.2) is 13.1 Å². The highest BCUT2D eigenvalue weighted by atomic mass is 35.5. The fraction of sp³-hybridized carbons (Fsp3) is 0.500. The van der Waals surface area contributed by atoms with E-state index in [4.69, 9.17) is 16.7 Å². The van der Waals surface area contributed by atoms with E-state index in [0.717, 1.165) is 5.56 Å². The zero-order valence-electron chi connectivity index (χ0n) is 11.7. The van der Waals surface area contributed by atoms with E-state index in [1.807, 2.05) is 6.92 Å². The Morgan fingerprint density at radius 3 is 2.71 bits per heavy atom. The number of benzene rings is 1. The van der Waals surface area contributed by atoms with Crippen molar-refractivity contribution in [2.24, 2.45) is 5.92 Å². The molecule has 1 saturated carbocycles. The summed E-state index contributed by atoms with van der Waals surface area (Å²) in [6.07, 6.45) is 2.26. The molecule has 0 aromatic heterocycles. The van der Waals surface area contributed by atoms with Crippen molar-refractivity contribution < 1.29 is 18.3 Å². The summed E-state index contributed by atoms with van der Waals surface area (Å²) in [4.78, 5) is 11.1. The summed E-state index contributed by atoms with van der Waals surface area (Å²) in [5, 5.41) is 9.22. The first-order chi connectivity index (χ1) is 9.79. The van der Waals surface area contributed by atoms with Gasteiger partial charge in [-0.15, -0.1) is 0 Å². The average molecular weight is 332 g/mol. The molecule has 1 fully saturated rings. The van der Waals surface area contributed by atoms with Crippen LogP contribution < -0.4 is 4.72 Å². The number of hydrogen-bond acceptors (Lipinski definition) is 3. The lowest BCUT2D eigenvalue weighted by molar-refractivity contribution is -0.143. The third kappa shape index (κ3) is 3.96. The predicted molar refractivity (Wildman–Crippen MR) is 79.9 cm³/mol. The number of carboxylic acid groups (broad SMARTS) is 1. The van der Waals surface area contributed by atoms with Crippen LogP contribution in [0.2, 0.25) is 5.02 Å². The molecule has 1 aliphatic rings. The first kappa shape index (κ1) is 16.3. The van der Waals surface area contributed by atoms with Crippen LogP contribution in [0.15, 0.2) is 23.1 Å². The molecular formula is C14H18ClNO4S. The Labute approximate surface area is 129 Å². The topological polar surface area (TPSA) is 83.5 Å². The van der Waals surface area contributed by atoms with Crippen molar-refractivity contribution in [1.29, 1.82) is 0 Å². The molecule has 2 N–H and O–H groups in total. The summed E-state index contributed by atoms with van der Waals surface area (Å²) in [6.45, 7) is 1.83. The lowest BCUT2D eigenvalue weighted by Crippen LogP contribution is -2.39. The van der Waals surface area contributed by atoms with E-state index in [9.17, 15) is 13.2 Å². The monoisotopic (exact) mass is 331 g/mol. The van der Waals surface area contributed by atoms with Gasteiger partial charge in [-0.1, -0.05) is 24.1 Å². The van der Waals surface area contributed by atoms with Gasteiger partial charge in [-0.3, -0.25) is 4.79 Å². The van der Waals surface area contributed by atoms with Gasteiger partial charge in [-0.2, -0.15) is 0 Å². The minimum Gasteiger partial charge on any atom is -0.481 e. The van der Waals surface area contributed by atoms with Crippen molar-refractivity contribution in [3.05, 3.63) is 28.8 Å². The summed E-state index contributed by atoms with van der Waals surface area (Å²) < 4.78 is 27.3. The number of aryl methyl sites for hydroxylation is 1. The molecule has 5 nitrogen and oxygen atoms in total. The Morgan fingerprint density at radius 1 is 1.38 bits per heavy atom. The molecule has 116 valence electrons. The van der Waals surface area contributed by atoms with Crippen LogP contribution in [0.3, 0.4) is 0 Å². The molecule has 2 rings (SSSR count). The van der Waals surface area contributed by atoms with Crippen LogP contribution in [-0.4, -0.2) is 25.5 Å². The van der Waals surface area contributed by atoms with Crippen molar-refractivity contribution in [2.45, 2.75) is 43.5 Å². The molecule has 1 aromatic rings. The number of halogens is 1. The Kier molecular flexibility index (Phi) is 4.91. The van der Waals surface area contributed by atoms with Crippen LogP contribution in [-0.2, 0) is 14.8 Å². The van der Waals surface area contributed by atoms with Gasteiger partial charge in [-0.05, 0) is 43.9 Å². The van der Waals surface area contributed by atoms with Crippen molar-refractivity contribution in [2.75, 3.05) is 0 Å². The van der Waals surface area contributed by atoms with E-state index in [-0.39, 0.29) is 16.0 Å². The molecule has 0 saturated heterocycles. The van der Waals surface area contributed by atoms with Crippen LogP contribution in [0.25, 0.3) is 0 Å². The molecule has 0 radical (unpaired) electrons. The number of nitrogens with one attached hydrogen (secondary N) is 1. The summed E-state index contributed by atoms with van der Waals surface area (Å²) in [6, 6.07) is 4.39. The fourth-order valence-electron chi connectivity index (χ4n) is 2.63.